The molecule has 0 spiro atoms. The molecule has 2 heterocycles. The van der Waals surface area contributed by atoms with Crippen molar-refractivity contribution in [1.82, 2.24) is 9.97 Å². The topological polar surface area (TPSA) is 41.1 Å². The monoisotopic (exact) mass is 256 g/mol. The molecule has 0 aliphatic carbocycles. The van der Waals surface area contributed by atoms with Gasteiger partial charge < -0.3 is 10.2 Å². The van der Waals surface area contributed by atoms with Gasteiger partial charge in [-0.05, 0) is 13.8 Å². The first-order chi connectivity index (χ1) is 8.22. The number of nitrogens with one attached hydrogen (secondary N) is 1. The largest absolute Gasteiger partial charge is 0.354 e. The first-order valence-electron chi connectivity index (χ1n) is 5.83. The molecule has 1 aromatic heterocycles. The first kappa shape index (κ1) is 12.4. The summed E-state index contributed by atoms with van der Waals surface area (Å²) < 4.78 is 13.8. The summed E-state index contributed by atoms with van der Waals surface area (Å²) in [5.41, 5.74) is 0. The Morgan fingerprint density at radius 1 is 1.65 bits per heavy atom. The summed E-state index contributed by atoms with van der Waals surface area (Å²) in [5, 5.41) is 3.01. The summed E-state index contributed by atoms with van der Waals surface area (Å²) in [4.78, 5) is 10.2. The van der Waals surface area contributed by atoms with Gasteiger partial charge in [0.25, 0.3) is 0 Å². The summed E-state index contributed by atoms with van der Waals surface area (Å²) in [5.74, 6) is 2.60. The van der Waals surface area contributed by atoms with Crippen LogP contribution in [0.2, 0.25) is 0 Å². The number of rotatable bonds is 3. The highest BCUT2D eigenvalue weighted by atomic mass is 32.2. The molecule has 1 atom stereocenters. The fraction of sp³-hybridized carbons (Fsp3) is 0.636. The van der Waals surface area contributed by atoms with Crippen LogP contribution < -0.4 is 10.2 Å². The van der Waals surface area contributed by atoms with Crippen LogP contribution in [0.3, 0.4) is 0 Å². The number of nitrogens with zero attached hydrogens (tertiary/aromatic N) is 3. The van der Waals surface area contributed by atoms with Crippen LogP contribution in [0.15, 0.2) is 6.20 Å². The van der Waals surface area contributed by atoms with E-state index in [-0.39, 0.29) is 5.82 Å². The summed E-state index contributed by atoms with van der Waals surface area (Å²) in [6.07, 6.45) is 1.24. The van der Waals surface area contributed by atoms with Crippen LogP contribution in [0.1, 0.15) is 13.8 Å². The first-order valence-corrected chi connectivity index (χ1v) is 6.98. The molecule has 0 saturated carbocycles. The maximum atomic E-state index is 13.8. The lowest BCUT2D eigenvalue weighted by molar-refractivity contribution is 0.588. The average molecular weight is 256 g/mol. The molecule has 1 aliphatic rings. The molecule has 6 heteroatoms. The van der Waals surface area contributed by atoms with Crippen LogP contribution in [0, 0.1) is 5.82 Å². The molecular formula is C11H17FN4S. The molecule has 0 radical (unpaired) electrons. The Balaban J connectivity index is 2.25. The second kappa shape index (κ2) is 5.53. The van der Waals surface area contributed by atoms with E-state index in [0.717, 1.165) is 24.6 Å². The predicted octanol–water partition coefficient (Wildman–Crippen LogP) is 1.99. The van der Waals surface area contributed by atoms with E-state index in [1.165, 1.54) is 6.20 Å². The molecule has 0 amide bonds. The van der Waals surface area contributed by atoms with Gasteiger partial charge in [0.1, 0.15) is 0 Å². The Morgan fingerprint density at radius 2 is 2.47 bits per heavy atom. The average Bonchev–Trinajstić information content (AvgIpc) is 2.33. The minimum Gasteiger partial charge on any atom is -0.354 e. The lowest BCUT2D eigenvalue weighted by atomic mass is 10.3. The molecule has 1 aliphatic heterocycles. The van der Waals surface area contributed by atoms with Crippen molar-refractivity contribution in [3.8, 4) is 0 Å². The molecule has 0 aromatic carbocycles. The van der Waals surface area contributed by atoms with Crippen molar-refractivity contribution in [2.24, 2.45) is 0 Å². The van der Waals surface area contributed by atoms with Crippen molar-refractivity contribution in [1.29, 1.82) is 0 Å². The van der Waals surface area contributed by atoms with E-state index in [1.807, 2.05) is 23.6 Å². The Morgan fingerprint density at radius 3 is 3.18 bits per heavy atom. The van der Waals surface area contributed by atoms with E-state index in [0.29, 0.717) is 17.8 Å². The quantitative estimate of drug-likeness (QED) is 0.895. The van der Waals surface area contributed by atoms with Gasteiger partial charge in [0.05, 0.1) is 6.20 Å². The molecule has 94 valence electrons. The molecule has 2 rings (SSSR count). The molecule has 17 heavy (non-hydrogen) atoms. The van der Waals surface area contributed by atoms with Gasteiger partial charge in [0.2, 0.25) is 5.95 Å². The second-order valence-electron chi connectivity index (χ2n) is 4.01. The zero-order valence-electron chi connectivity index (χ0n) is 10.1. The van der Waals surface area contributed by atoms with Gasteiger partial charge in [-0.3, -0.25) is 0 Å². The fourth-order valence-electron chi connectivity index (χ4n) is 1.84. The lowest BCUT2D eigenvalue weighted by Gasteiger charge is -2.34. The second-order valence-corrected chi connectivity index (χ2v) is 5.16. The van der Waals surface area contributed by atoms with Crippen molar-refractivity contribution < 1.29 is 4.39 Å². The van der Waals surface area contributed by atoms with Crippen molar-refractivity contribution in [2.75, 3.05) is 34.8 Å². The van der Waals surface area contributed by atoms with Gasteiger partial charge >= 0.3 is 0 Å². The standard InChI is InChI=1S/C11H17FN4S/c1-3-13-11-14-6-9(12)10(15-11)16-4-5-17-7-8(16)2/h6,8H,3-5,7H2,1-2H3,(H,13,14,15). The van der Waals surface area contributed by atoms with Gasteiger partial charge in [-0.15, -0.1) is 0 Å². The molecule has 1 unspecified atom stereocenters. The molecule has 1 aromatic rings. The van der Waals surface area contributed by atoms with E-state index in [4.69, 9.17) is 0 Å². The summed E-state index contributed by atoms with van der Waals surface area (Å²) in [7, 11) is 0. The van der Waals surface area contributed by atoms with Crippen molar-refractivity contribution >= 4 is 23.5 Å². The summed E-state index contributed by atoms with van der Waals surface area (Å²) in [6, 6.07) is 0.313. The Bertz CT molecular complexity index is 388. The van der Waals surface area contributed by atoms with Crippen LogP contribution in [0.5, 0.6) is 0 Å². The maximum Gasteiger partial charge on any atom is 0.224 e. The molecule has 0 bridgehead atoms. The van der Waals surface area contributed by atoms with Crippen LogP contribution in [0.25, 0.3) is 0 Å². The fourth-order valence-corrected chi connectivity index (χ4v) is 2.86. The molecule has 4 nitrogen and oxygen atoms in total. The number of hydrogen-bond acceptors (Lipinski definition) is 5. The van der Waals surface area contributed by atoms with Gasteiger partial charge in [-0.2, -0.15) is 16.7 Å². The third-order valence-corrected chi connectivity index (χ3v) is 3.89. The Labute approximate surface area is 105 Å². The van der Waals surface area contributed by atoms with Crippen LogP contribution in [-0.4, -0.2) is 40.6 Å². The van der Waals surface area contributed by atoms with Crippen molar-refractivity contribution in [3.63, 3.8) is 0 Å². The van der Waals surface area contributed by atoms with Gasteiger partial charge in [0, 0.05) is 30.6 Å². The highest BCUT2D eigenvalue weighted by Gasteiger charge is 2.23. The number of hydrogen-bond donors (Lipinski definition) is 1. The van der Waals surface area contributed by atoms with E-state index < -0.39 is 0 Å². The molecule has 1 saturated heterocycles. The Kier molecular flexibility index (Phi) is 4.04. The zero-order valence-corrected chi connectivity index (χ0v) is 10.9. The van der Waals surface area contributed by atoms with Gasteiger partial charge in [-0.25, -0.2) is 9.37 Å². The Hall–Kier alpha value is -1.04. The third kappa shape index (κ3) is 2.80. The minimum atomic E-state index is -0.342. The molecule has 1 N–H and O–H groups in total. The molecule has 1 fully saturated rings. The van der Waals surface area contributed by atoms with Crippen molar-refractivity contribution in [2.45, 2.75) is 19.9 Å². The summed E-state index contributed by atoms with van der Waals surface area (Å²) in [6.45, 7) is 5.63. The summed E-state index contributed by atoms with van der Waals surface area (Å²) >= 11 is 1.90. The predicted molar refractivity (Wildman–Crippen MR) is 70.3 cm³/mol. The van der Waals surface area contributed by atoms with Crippen LogP contribution in [0.4, 0.5) is 16.2 Å². The SMILES string of the molecule is CCNc1ncc(F)c(N2CCSCC2C)n1. The van der Waals surface area contributed by atoms with Crippen molar-refractivity contribution in [3.05, 3.63) is 12.0 Å². The van der Waals surface area contributed by atoms with Crippen LogP contribution in [-0.2, 0) is 0 Å². The third-order valence-electron chi connectivity index (χ3n) is 2.70. The number of anilines is 2. The highest BCUT2D eigenvalue weighted by Crippen LogP contribution is 2.24. The molecular weight excluding hydrogens is 239 g/mol. The number of aromatic nitrogens is 2. The zero-order chi connectivity index (χ0) is 12.3. The number of halogens is 1. The van der Waals surface area contributed by atoms with E-state index in [9.17, 15) is 4.39 Å². The maximum absolute atomic E-state index is 13.8. The van der Waals surface area contributed by atoms with Gasteiger partial charge in [-0.1, -0.05) is 0 Å². The van der Waals surface area contributed by atoms with E-state index >= 15 is 0 Å². The highest BCUT2D eigenvalue weighted by molar-refractivity contribution is 7.99. The lowest BCUT2D eigenvalue weighted by Crippen LogP contribution is -2.41. The minimum absolute atomic E-state index is 0.313. The van der Waals surface area contributed by atoms with E-state index in [2.05, 4.69) is 22.2 Å². The van der Waals surface area contributed by atoms with Gasteiger partial charge in [0.15, 0.2) is 11.6 Å². The normalized spacial score (nSPS) is 20.4. The smallest absolute Gasteiger partial charge is 0.224 e. The number of thioether (sulfide) groups is 1. The van der Waals surface area contributed by atoms with E-state index in [1.54, 1.807) is 0 Å². The van der Waals surface area contributed by atoms with Crippen LogP contribution >= 0.6 is 11.8 Å².